The topological polar surface area (TPSA) is 75.3 Å². The first-order valence-corrected chi connectivity index (χ1v) is 13.0. The fraction of sp³-hybridized carbons (Fsp3) is 0.207. The minimum Gasteiger partial charge on any atom is -0.494 e. The van der Waals surface area contributed by atoms with Crippen molar-refractivity contribution >= 4 is 23.8 Å². The van der Waals surface area contributed by atoms with E-state index in [-0.39, 0.29) is 5.91 Å². The van der Waals surface area contributed by atoms with Crippen molar-refractivity contribution in [1.29, 1.82) is 0 Å². The van der Waals surface area contributed by atoms with Crippen molar-refractivity contribution in [3.05, 3.63) is 108 Å². The number of fused-ring (bicyclic) bond motifs is 1. The fourth-order valence-corrected chi connectivity index (χ4v) is 4.63. The Labute approximate surface area is 215 Å². The Morgan fingerprint density at radius 3 is 2.50 bits per heavy atom. The van der Waals surface area contributed by atoms with E-state index in [4.69, 9.17) is 14.3 Å². The molecule has 1 unspecified atom stereocenters. The molecule has 0 spiro atoms. The molecule has 5 rings (SSSR count). The van der Waals surface area contributed by atoms with E-state index in [2.05, 4.69) is 17.4 Å². The highest BCUT2D eigenvalue weighted by Gasteiger charge is 2.41. The van der Waals surface area contributed by atoms with Crippen LogP contribution in [0.5, 0.6) is 5.75 Å². The number of nitrogens with zero attached hydrogens (tertiary/aromatic N) is 2. The Hall–Kier alpha value is -3.68. The molecule has 1 aliphatic rings. The van der Waals surface area contributed by atoms with Crippen molar-refractivity contribution in [2.45, 2.75) is 25.3 Å². The van der Waals surface area contributed by atoms with E-state index >= 15 is 0 Å². The molecule has 0 bridgehead atoms. The normalized spacial score (nSPS) is 14.4. The van der Waals surface area contributed by atoms with Crippen LogP contribution in [0.4, 0.5) is 5.82 Å². The number of rotatable bonds is 10. The number of carbonyl (C=O) groups is 1. The lowest BCUT2D eigenvalue weighted by Gasteiger charge is -2.09. The Morgan fingerprint density at radius 2 is 1.72 bits per heavy atom. The summed E-state index contributed by atoms with van der Waals surface area (Å²) < 4.78 is 16.4. The summed E-state index contributed by atoms with van der Waals surface area (Å²) in [5, 5.41) is 3.46. The quantitative estimate of drug-likeness (QED) is 0.176. The van der Waals surface area contributed by atoms with Gasteiger partial charge in [0.25, 0.3) is 0 Å². The summed E-state index contributed by atoms with van der Waals surface area (Å²) in [6, 6.07) is 27.6. The zero-order valence-electron chi connectivity index (χ0n) is 19.8. The van der Waals surface area contributed by atoms with Crippen molar-refractivity contribution in [2.75, 3.05) is 17.7 Å². The van der Waals surface area contributed by atoms with E-state index in [9.17, 15) is 4.79 Å². The summed E-state index contributed by atoms with van der Waals surface area (Å²) in [6.45, 7) is 0.537. The molecule has 0 aliphatic carbocycles. The van der Waals surface area contributed by atoms with Crippen LogP contribution in [0.25, 0.3) is 11.3 Å². The van der Waals surface area contributed by atoms with Crippen LogP contribution in [0, 0.1) is 0 Å². The van der Waals surface area contributed by atoms with Gasteiger partial charge in [-0.1, -0.05) is 72.8 Å². The lowest BCUT2D eigenvalue weighted by Crippen LogP contribution is -2.44. The number of aromatic nitrogens is 2. The Balaban J connectivity index is 1.41. The highest BCUT2D eigenvalue weighted by atomic mass is 32.2. The Morgan fingerprint density at radius 1 is 0.972 bits per heavy atom. The lowest BCUT2D eigenvalue weighted by atomic mass is 10.1. The lowest BCUT2D eigenvalue weighted by molar-refractivity contribution is -0.552. The van der Waals surface area contributed by atoms with Gasteiger partial charge in [-0.2, -0.15) is 4.57 Å². The van der Waals surface area contributed by atoms with Crippen LogP contribution in [0.1, 0.15) is 28.0 Å². The molecule has 2 heterocycles. The zero-order chi connectivity index (χ0) is 24.7. The minimum atomic E-state index is -0.395. The molecule has 36 heavy (non-hydrogen) atoms. The predicted molar refractivity (Wildman–Crippen MR) is 142 cm³/mol. The van der Waals surface area contributed by atoms with Crippen LogP contribution < -0.4 is 14.6 Å². The minimum absolute atomic E-state index is 0.00480. The molecule has 2 N–H and O–H groups in total. The van der Waals surface area contributed by atoms with Crippen molar-refractivity contribution < 1.29 is 18.7 Å². The summed E-state index contributed by atoms with van der Waals surface area (Å²) in [4.78, 5) is 18.5. The van der Waals surface area contributed by atoms with Crippen LogP contribution in [-0.4, -0.2) is 33.8 Å². The molecule has 3 aromatic carbocycles. The number of hydrogen-bond donors (Lipinski definition) is 2. The van der Waals surface area contributed by atoms with Crippen molar-refractivity contribution in [2.24, 2.45) is 0 Å². The number of hydrogen-bond acceptors (Lipinski definition) is 6. The van der Waals surface area contributed by atoms with E-state index in [1.165, 1.54) is 0 Å². The molecular formula is C29H28N3O3S+. The van der Waals surface area contributed by atoms with E-state index in [1.54, 1.807) is 4.57 Å². The van der Waals surface area contributed by atoms with Gasteiger partial charge in [-0.25, -0.2) is 9.78 Å². The van der Waals surface area contributed by atoms with Crippen LogP contribution in [0.15, 0.2) is 91.1 Å². The van der Waals surface area contributed by atoms with E-state index < -0.39 is 6.04 Å². The molecule has 0 radical (unpaired) electrons. The molecule has 0 amide bonds. The third kappa shape index (κ3) is 5.58. The van der Waals surface area contributed by atoms with Gasteiger partial charge in [-0.3, -0.25) is 5.32 Å². The number of carbonyl (C=O) groups excluding carboxylic acids is 1. The maximum Gasteiger partial charge on any atom is 0.359 e. The third-order valence-corrected chi connectivity index (χ3v) is 6.61. The molecule has 6 nitrogen and oxygen atoms in total. The summed E-state index contributed by atoms with van der Waals surface area (Å²) in [5.41, 5.74) is 4.75. The first-order chi connectivity index (χ1) is 17.7. The summed E-state index contributed by atoms with van der Waals surface area (Å²) in [6.07, 6.45) is 3.77. The molecule has 1 atom stereocenters. The smallest absolute Gasteiger partial charge is 0.359 e. The van der Waals surface area contributed by atoms with Gasteiger partial charge in [-0.15, -0.1) is 0 Å². The predicted octanol–water partition coefficient (Wildman–Crippen LogP) is 5.28. The number of benzene rings is 3. The summed E-state index contributed by atoms with van der Waals surface area (Å²) in [5.74, 6) is 2.16. The van der Waals surface area contributed by atoms with Gasteiger partial charge < -0.3 is 9.29 Å². The van der Waals surface area contributed by atoms with Crippen molar-refractivity contribution in [3.8, 4) is 17.0 Å². The molecule has 1 aromatic heterocycles. The number of ether oxygens (including phenoxy) is 1. The monoisotopic (exact) mass is 498 g/mol. The van der Waals surface area contributed by atoms with Gasteiger partial charge >= 0.3 is 11.7 Å². The van der Waals surface area contributed by atoms with Crippen LogP contribution in [0.3, 0.4) is 0 Å². The van der Waals surface area contributed by atoms with Gasteiger partial charge in [0.15, 0.2) is 6.04 Å². The van der Waals surface area contributed by atoms with Gasteiger partial charge in [-0.05, 0) is 41.7 Å². The first kappa shape index (κ1) is 24.0. The van der Waals surface area contributed by atoms with E-state index in [0.29, 0.717) is 25.2 Å². The summed E-state index contributed by atoms with van der Waals surface area (Å²) in [7, 11) is 0. The second kappa shape index (κ2) is 11.4. The van der Waals surface area contributed by atoms with E-state index in [0.717, 1.165) is 58.1 Å². The Kier molecular flexibility index (Phi) is 7.59. The van der Waals surface area contributed by atoms with Crippen LogP contribution >= 0.6 is 12.0 Å². The maximum atomic E-state index is 13.5. The van der Waals surface area contributed by atoms with Gasteiger partial charge in [0.05, 0.1) is 6.61 Å². The fourth-order valence-electron chi connectivity index (χ4n) is 4.38. The molecular weight excluding hydrogens is 470 g/mol. The number of nitrogens with one attached hydrogen (secondary N) is 1. The first-order valence-electron chi connectivity index (χ1n) is 12.0. The SMILES string of the molecule is O=C1C(Cc2cccc(OCCCSO)c2)Nc2c(Cc3ccccc3)nc(-c3ccccc3)c[n+]21. The molecule has 0 saturated heterocycles. The van der Waals surface area contributed by atoms with Gasteiger partial charge in [0, 0.05) is 24.2 Å². The molecule has 0 fully saturated rings. The van der Waals surface area contributed by atoms with Crippen LogP contribution in [-0.2, 0) is 12.8 Å². The molecule has 7 heteroatoms. The highest BCUT2D eigenvalue weighted by molar-refractivity contribution is 7.93. The van der Waals surface area contributed by atoms with Gasteiger partial charge in [0.1, 0.15) is 23.3 Å². The molecule has 1 aliphatic heterocycles. The standard InChI is InChI=1S/C29H27N3O3S/c33-29-26(19-22-11-7-14-24(17-22)35-15-8-16-36-34)31-28-25(18-21-9-3-1-4-10-21)30-27(20-32(28)29)23-12-5-2-6-13-23/h1-7,9-14,17,20,26,34H,8,15-16,18-19H2/p+1. The van der Waals surface area contributed by atoms with Crippen molar-refractivity contribution in [3.63, 3.8) is 0 Å². The molecule has 4 aromatic rings. The average molecular weight is 499 g/mol. The third-order valence-electron chi connectivity index (χ3n) is 6.14. The van der Waals surface area contributed by atoms with Gasteiger partial charge in [0.2, 0.25) is 0 Å². The highest BCUT2D eigenvalue weighted by Crippen LogP contribution is 2.25. The second-order valence-electron chi connectivity index (χ2n) is 8.74. The number of anilines is 1. The maximum absolute atomic E-state index is 13.5. The molecule has 182 valence electrons. The average Bonchev–Trinajstić information content (AvgIpc) is 3.23. The Bertz CT molecular complexity index is 1330. The largest absolute Gasteiger partial charge is 0.494 e. The van der Waals surface area contributed by atoms with E-state index in [1.807, 2.05) is 79.0 Å². The molecule has 0 saturated carbocycles. The second-order valence-corrected chi connectivity index (χ2v) is 9.41. The van der Waals surface area contributed by atoms with Crippen LogP contribution in [0.2, 0.25) is 0 Å². The van der Waals surface area contributed by atoms with Crippen molar-refractivity contribution in [1.82, 2.24) is 4.98 Å². The zero-order valence-corrected chi connectivity index (χ0v) is 20.7. The summed E-state index contributed by atoms with van der Waals surface area (Å²) >= 11 is 0.823.